The molecule has 3 rings (SSSR count). The van der Waals surface area contributed by atoms with Crippen molar-refractivity contribution in [1.82, 2.24) is 25.6 Å². The number of rotatable bonds is 4. The third kappa shape index (κ3) is 2.28. The highest BCUT2D eigenvalue weighted by Gasteiger charge is 2.06. The second kappa shape index (κ2) is 4.54. The van der Waals surface area contributed by atoms with Crippen LogP contribution in [-0.4, -0.2) is 31.4 Å². The van der Waals surface area contributed by atoms with Gasteiger partial charge in [-0.1, -0.05) is 29.1 Å². The van der Waals surface area contributed by atoms with Crippen molar-refractivity contribution in [3.8, 4) is 0 Å². The highest BCUT2D eigenvalue weighted by Crippen LogP contribution is 2.23. The van der Waals surface area contributed by atoms with E-state index < -0.39 is 0 Å². The van der Waals surface area contributed by atoms with Gasteiger partial charge >= 0.3 is 0 Å². The van der Waals surface area contributed by atoms with Crippen LogP contribution in [0.1, 0.15) is 5.82 Å². The number of para-hydroxylation sites is 2. The van der Waals surface area contributed by atoms with Crippen molar-refractivity contribution < 1.29 is 4.42 Å². The number of nitrogens with zero attached hydrogens (tertiary/aromatic N) is 4. The van der Waals surface area contributed by atoms with Crippen molar-refractivity contribution >= 4 is 22.9 Å². The predicted molar refractivity (Wildman–Crippen MR) is 62.6 cm³/mol. The molecule has 17 heavy (non-hydrogen) atoms. The topological polar surface area (TPSA) is 80.5 Å². The molecule has 86 valence electrons. The second-order valence-corrected chi connectivity index (χ2v) is 4.42. The summed E-state index contributed by atoms with van der Waals surface area (Å²) in [5.74, 6) is 1.51. The van der Waals surface area contributed by atoms with Gasteiger partial charge in [0.05, 0.1) is 0 Å². The van der Waals surface area contributed by atoms with Crippen molar-refractivity contribution in [2.75, 3.05) is 5.75 Å². The Labute approximate surface area is 101 Å². The van der Waals surface area contributed by atoms with Gasteiger partial charge in [0.25, 0.3) is 5.22 Å². The molecule has 0 aliphatic rings. The molecule has 0 bridgehead atoms. The summed E-state index contributed by atoms with van der Waals surface area (Å²) in [7, 11) is 0. The molecule has 7 heteroatoms. The Morgan fingerprint density at radius 2 is 2.24 bits per heavy atom. The Morgan fingerprint density at radius 1 is 1.29 bits per heavy atom. The third-order valence-corrected chi connectivity index (χ3v) is 3.04. The lowest BCUT2D eigenvalue weighted by Gasteiger charge is -1.91. The summed E-state index contributed by atoms with van der Waals surface area (Å²) < 4.78 is 5.58. The number of hydrogen-bond acceptors (Lipinski definition) is 6. The van der Waals surface area contributed by atoms with Gasteiger partial charge in [0, 0.05) is 12.2 Å². The number of aryl methyl sites for hydroxylation is 1. The van der Waals surface area contributed by atoms with E-state index in [4.69, 9.17) is 4.42 Å². The number of tetrazole rings is 1. The second-order valence-electron chi connectivity index (χ2n) is 3.37. The summed E-state index contributed by atoms with van der Waals surface area (Å²) in [5.41, 5.74) is 1.70. The molecule has 0 aliphatic heterocycles. The van der Waals surface area contributed by atoms with E-state index in [1.165, 1.54) is 0 Å². The Kier molecular flexibility index (Phi) is 2.74. The number of thioether (sulfide) groups is 1. The number of aromatic amines is 1. The molecule has 0 spiro atoms. The molecule has 1 aromatic carbocycles. The lowest BCUT2D eigenvalue weighted by molar-refractivity contribution is 0.489. The van der Waals surface area contributed by atoms with Crippen molar-refractivity contribution in [3.63, 3.8) is 0 Å². The van der Waals surface area contributed by atoms with Crippen LogP contribution in [0.3, 0.4) is 0 Å². The minimum Gasteiger partial charge on any atom is -0.431 e. The van der Waals surface area contributed by atoms with E-state index in [9.17, 15) is 0 Å². The monoisotopic (exact) mass is 247 g/mol. The van der Waals surface area contributed by atoms with Gasteiger partial charge in [-0.3, -0.25) is 0 Å². The number of hydrogen-bond donors (Lipinski definition) is 1. The number of benzene rings is 1. The zero-order valence-electron chi connectivity index (χ0n) is 8.83. The molecule has 0 saturated carbocycles. The van der Waals surface area contributed by atoms with Crippen LogP contribution in [0.4, 0.5) is 0 Å². The van der Waals surface area contributed by atoms with Gasteiger partial charge in [-0.05, 0) is 12.1 Å². The van der Waals surface area contributed by atoms with E-state index >= 15 is 0 Å². The fourth-order valence-electron chi connectivity index (χ4n) is 1.43. The van der Waals surface area contributed by atoms with Crippen LogP contribution in [0.25, 0.3) is 11.1 Å². The maximum Gasteiger partial charge on any atom is 0.256 e. The average molecular weight is 247 g/mol. The molecule has 2 aromatic heterocycles. The molecule has 2 heterocycles. The summed E-state index contributed by atoms with van der Waals surface area (Å²) in [6, 6.07) is 7.72. The van der Waals surface area contributed by atoms with Crippen LogP contribution < -0.4 is 0 Å². The lowest BCUT2D eigenvalue weighted by Crippen LogP contribution is -1.91. The first-order chi connectivity index (χ1) is 8.42. The largest absolute Gasteiger partial charge is 0.431 e. The fraction of sp³-hybridized carbons (Fsp3) is 0.200. The molecule has 0 saturated heterocycles. The van der Waals surface area contributed by atoms with Crippen molar-refractivity contribution in [2.24, 2.45) is 0 Å². The van der Waals surface area contributed by atoms with Crippen molar-refractivity contribution in [2.45, 2.75) is 11.6 Å². The first-order valence-electron chi connectivity index (χ1n) is 5.12. The minimum atomic E-state index is 0.676. The Hall–Kier alpha value is -1.89. The van der Waals surface area contributed by atoms with Crippen LogP contribution in [0, 0.1) is 0 Å². The Bertz CT molecular complexity index is 573. The highest BCUT2D eigenvalue weighted by molar-refractivity contribution is 7.99. The Morgan fingerprint density at radius 3 is 3.06 bits per heavy atom. The van der Waals surface area contributed by atoms with E-state index in [1.54, 1.807) is 11.8 Å². The van der Waals surface area contributed by atoms with Crippen LogP contribution in [0.15, 0.2) is 33.9 Å². The van der Waals surface area contributed by atoms with E-state index in [1.807, 2.05) is 24.3 Å². The molecule has 0 aliphatic carbocycles. The third-order valence-electron chi connectivity index (χ3n) is 2.21. The van der Waals surface area contributed by atoms with Crippen molar-refractivity contribution in [3.05, 3.63) is 30.1 Å². The molecule has 0 unspecified atom stereocenters. The average Bonchev–Trinajstić information content (AvgIpc) is 2.96. The summed E-state index contributed by atoms with van der Waals surface area (Å²) in [6.07, 6.45) is 0.736. The predicted octanol–water partition coefficient (Wildman–Crippen LogP) is 1.68. The first kappa shape index (κ1) is 10.3. The number of H-pyrrole nitrogens is 1. The molecular weight excluding hydrogens is 238 g/mol. The summed E-state index contributed by atoms with van der Waals surface area (Å²) >= 11 is 1.54. The normalized spacial score (nSPS) is 11.1. The molecule has 0 radical (unpaired) electrons. The highest BCUT2D eigenvalue weighted by atomic mass is 32.2. The molecule has 3 aromatic rings. The van der Waals surface area contributed by atoms with E-state index in [2.05, 4.69) is 25.6 Å². The fourth-order valence-corrected chi connectivity index (χ4v) is 2.20. The maximum atomic E-state index is 5.58. The summed E-state index contributed by atoms with van der Waals surface area (Å²) in [6.45, 7) is 0. The first-order valence-corrected chi connectivity index (χ1v) is 6.11. The number of oxazole rings is 1. The number of nitrogens with one attached hydrogen (secondary N) is 1. The van der Waals surface area contributed by atoms with Gasteiger partial charge in [-0.2, -0.15) is 5.21 Å². The van der Waals surface area contributed by atoms with Gasteiger partial charge < -0.3 is 4.42 Å². The molecular formula is C10H9N5OS. The minimum absolute atomic E-state index is 0.676. The lowest BCUT2D eigenvalue weighted by atomic mass is 10.3. The van der Waals surface area contributed by atoms with Crippen LogP contribution in [0.2, 0.25) is 0 Å². The Balaban J connectivity index is 1.65. The smallest absolute Gasteiger partial charge is 0.256 e. The quantitative estimate of drug-likeness (QED) is 0.706. The van der Waals surface area contributed by atoms with Crippen LogP contribution >= 0.6 is 11.8 Å². The van der Waals surface area contributed by atoms with Gasteiger partial charge in [0.15, 0.2) is 11.4 Å². The molecule has 0 amide bonds. The zero-order valence-corrected chi connectivity index (χ0v) is 9.65. The SMILES string of the molecule is c1ccc2oc(SCCc3nn[nH]n3)nc2c1. The van der Waals surface area contributed by atoms with E-state index in [-0.39, 0.29) is 0 Å². The van der Waals surface area contributed by atoms with Crippen LogP contribution in [-0.2, 0) is 6.42 Å². The standard InChI is InChI=1S/C10H9N5OS/c1-2-4-8-7(3-1)11-10(16-8)17-6-5-9-12-14-15-13-9/h1-4H,5-6H2,(H,12,13,14,15). The molecule has 1 N–H and O–H groups in total. The molecule has 0 fully saturated rings. The number of fused-ring (bicyclic) bond motifs is 1. The van der Waals surface area contributed by atoms with Gasteiger partial charge in [0.2, 0.25) is 0 Å². The van der Waals surface area contributed by atoms with Crippen molar-refractivity contribution in [1.29, 1.82) is 0 Å². The maximum absolute atomic E-state index is 5.58. The van der Waals surface area contributed by atoms with Gasteiger partial charge in [-0.15, -0.1) is 10.2 Å². The van der Waals surface area contributed by atoms with E-state index in [0.717, 1.165) is 23.3 Å². The zero-order chi connectivity index (χ0) is 11.5. The molecule has 0 atom stereocenters. The summed E-state index contributed by atoms with van der Waals surface area (Å²) in [4.78, 5) is 4.36. The van der Waals surface area contributed by atoms with Gasteiger partial charge in [-0.25, -0.2) is 4.98 Å². The molecule has 6 nitrogen and oxygen atoms in total. The van der Waals surface area contributed by atoms with Gasteiger partial charge in [0.1, 0.15) is 5.52 Å². The summed E-state index contributed by atoms with van der Waals surface area (Å²) in [5, 5.41) is 14.4. The van der Waals surface area contributed by atoms with E-state index in [0.29, 0.717) is 11.0 Å². The number of aromatic nitrogens is 5. The van der Waals surface area contributed by atoms with Crippen LogP contribution in [0.5, 0.6) is 0 Å².